The topological polar surface area (TPSA) is 84.2 Å². The standard InChI is InChI=1S/C16H17N3O2/c1-18-15(20)12-8-5-9-13(10-12)19-16(21)14(17)11-6-3-2-4-7-11/h2-10,14H,17H2,1H3,(H,18,20)(H,19,21). The molecule has 0 fully saturated rings. The van der Waals surface area contributed by atoms with Gasteiger partial charge in [-0.3, -0.25) is 9.59 Å². The Morgan fingerprint density at radius 3 is 2.43 bits per heavy atom. The molecule has 1 atom stereocenters. The minimum Gasteiger partial charge on any atom is -0.355 e. The Bertz CT molecular complexity index is 641. The monoisotopic (exact) mass is 283 g/mol. The summed E-state index contributed by atoms with van der Waals surface area (Å²) in [4.78, 5) is 23.7. The second kappa shape index (κ2) is 6.67. The molecule has 0 spiro atoms. The SMILES string of the molecule is CNC(=O)c1cccc(NC(=O)C(N)c2ccccc2)c1. The van der Waals surface area contributed by atoms with E-state index in [0.717, 1.165) is 5.56 Å². The van der Waals surface area contributed by atoms with E-state index < -0.39 is 6.04 Å². The predicted molar refractivity (Wildman–Crippen MR) is 81.8 cm³/mol. The molecule has 0 aliphatic rings. The number of nitrogens with one attached hydrogen (secondary N) is 2. The van der Waals surface area contributed by atoms with Gasteiger partial charge in [-0.25, -0.2) is 0 Å². The van der Waals surface area contributed by atoms with E-state index in [1.807, 2.05) is 18.2 Å². The van der Waals surface area contributed by atoms with Crippen molar-refractivity contribution in [2.45, 2.75) is 6.04 Å². The maximum Gasteiger partial charge on any atom is 0.251 e. The third kappa shape index (κ3) is 3.67. The zero-order valence-electron chi connectivity index (χ0n) is 11.7. The minimum atomic E-state index is -0.755. The maximum atomic E-state index is 12.1. The summed E-state index contributed by atoms with van der Waals surface area (Å²) in [6, 6.07) is 15.0. The van der Waals surface area contributed by atoms with Gasteiger partial charge in [0.2, 0.25) is 5.91 Å². The maximum absolute atomic E-state index is 12.1. The molecule has 0 radical (unpaired) electrons. The highest BCUT2D eigenvalue weighted by Gasteiger charge is 2.15. The molecule has 1 unspecified atom stereocenters. The zero-order chi connectivity index (χ0) is 15.2. The summed E-state index contributed by atoms with van der Waals surface area (Å²) < 4.78 is 0. The molecular weight excluding hydrogens is 266 g/mol. The normalized spacial score (nSPS) is 11.5. The van der Waals surface area contributed by atoms with Gasteiger partial charge in [0.05, 0.1) is 0 Å². The van der Waals surface area contributed by atoms with Gasteiger partial charge in [-0.2, -0.15) is 0 Å². The Balaban J connectivity index is 2.11. The van der Waals surface area contributed by atoms with Gasteiger partial charge >= 0.3 is 0 Å². The fourth-order valence-corrected chi connectivity index (χ4v) is 1.91. The van der Waals surface area contributed by atoms with Gasteiger partial charge in [0.1, 0.15) is 6.04 Å². The van der Waals surface area contributed by atoms with Crippen LogP contribution in [0.15, 0.2) is 54.6 Å². The van der Waals surface area contributed by atoms with E-state index in [4.69, 9.17) is 5.73 Å². The first kappa shape index (κ1) is 14.7. The van der Waals surface area contributed by atoms with Crippen LogP contribution in [0.3, 0.4) is 0 Å². The van der Waals surface area contributed by atoms with Gasteiger partial charge in [0.25, 0.3) is 5.91 Å². The second-order valence-corrected chi connectivity index (χ2v) is 4.54. The predicted octanol–water partition coefficient (Wildman–Crippen LogP) is 1.68. The molecule has 0 bridgehead atoms. The summed E-state index contributed by atoms with van der Waals surface area (Å²) in [6.07, 6.45) is 0. The van der Waals surface area contributed by atoms with Crippen LogP contribution in [-0.4, -0.2) is 18.9 Å². The molecule has 5 heteroatoms. The lowest BCUT2D eigenvalue weighted by Crippen LogP contribution is -2.27. The molecule has 108 valence electrons. The number of hydrogen-bond donors (Lipinski definition) is 3. The van der Waals surface area contributed by atoms with E-state index >= 15 is 0 Å². The summed E-state index contributed by atoms with van der Waals surface area (Å²) in [6.45, 7) is 0. The first-order valence-corrected chi connectivity index (χ1v) is 6.55. The number of amides is 2. The Kier molecular flexibility index (Phi) is 4.68. The van der Waals surface area contributed by atoms with Crippen molar-refractivity contribution in [2.24, 2.45) is 5.73 Å². The quantitative estimate of drug-likeness (QED) is 0.798. The van der Waals surface area contributed by atoms with E-state index in [1.165, 1.54) is 0 Å². The number of hydrogen-bond acceptors (Lipinski definition) is 3. The molecule has 0 aromatic heterocycles. The smallest absolute Gasteiger partial charge is 0.251 e. The van der Waals surface area contributed by atoms with Gasteiger partial charge in [0, 0.05) is 18.3 Å². The third-order valence-electron chi connectivity index (χ3n) is 3.06. The van der Waals surface area contributed by atoms with E-state index in [-0.39, 0.29) is 11.8 Å². The molecule has 0 saturated heterocycles. The van der Waals surface area contributed by atoms with Crippen molar-refractivity contribution < 1.29 is 9.59 Å². The summed E-state index contributed by atoms with van der Waals surface area (Å²) in [5.41, 5.74) is 7.66. The molecule has 2 aromatic carbocycles. The van der Waals surface area contributed by atoms with Gasteiger partial charge < -0.3 is 16.4 Å². The number of carbonyl (C=O) groups is 2. The van der Waals surface area contributed by atoms with Crippen LogP contribution in [0.5, 0.6) is 0 Å². The van der Waals surface area contributed by atoms with Crippen molar-refractivity contribution in [3.05, 3.63) is 65.7 Å². The van der Waals surface area contributed by atoms with Crippen LogP contribution < -0.4 is 16.4 Å². The first-order valence-electron chi connectivity index (χ1n) is 6.55. The minimum absolute atomic E-state index is 0.210. The molecule has 5 nitrogen and oxygen atoms in total. The molecule has 0 saturated carbocycles. The van der Waals surface area contributed by atoms with Crippen LogP contribution in [0.1, 0.15) is 22.0 Å². The Morgan fingerprint density at radius 2 is 1.76 bits per heavy atom. The lowest BCUT2D eigenvalue weighted by molar-refractivity contribution is -0.117. The fraction of sp³-hybridized carbons (Fsp3) is 0.125. The summed E-state index contributed by atoms with van der Waals surface area (Å²) in [5.74, 6) is -0.534. The Morgan fingerprint density at radius 1 is 1.05 bits per heavy atom. The summed E-state index contributed by atoms with van der Waals surface area (Å²) in [5, 5.41) is 5.25. The lowest BCUT2D eigenvalue weighted by Gasteiger charge is -2.13. The molecule has 4 N–H and O–H groups in total. The molecule has 2 amide bonds. The van der Waals surface area contributed by atoms with Gasteiger partial charge in [-0.1, -0.05) is 36.4 Å². The van der Waals surface area contributed by atoms with Crippen molar-refractivity contribution in [1.29, 1.82) is 0 Å². The van der Waals surface area contributed by atoms with E-state index in [1.54, 1.807) is 43.4 Å². The highest BCUT2D eigenvalue weighted by atomic mass is 16.2. The molecule has 0 aliphatic heterocycles. The van der Waals surface area contributed by atoms with Crippen molar-refractivity contribution in [3.63, 3.8) is 0 Å². The van der Waals surface area contributed by atoms with E-state index in [9.17, 15) is 9.59 Å². The van der Waals surface area contributed by atoms with Crippen LogP contribution in [0.4, 0.5) is 5.69 Å². The average molecular weight is 283 g/mol. The highest BCUT2D eigenvalue weighted by Crippen LogP contribution is 2.15. The highest BCUT2D eigenvalue weighted by molar-refractivity contribution is 5.98. The van der Waals surface area contributed by atoms with Crippen LogP contribution in [-0.2, 0) is 4.79 Å². The Hall–Kier alpha value is -2.66. The summed E-state index contributed by atoms with van der Waals surface area (Å²) in [7, 11) is 1.55. The number of rotatable bonds is 4. The average Bonchev–Trinajstić information content (AvgIpc) is 2.54. The van der Waals surface area contributed by atoms with Crippen molar-refractivity contribution in [2.75, 3.05) is 12.4 Å². The Labute approximate surface area is 123 Å². The zero-order valence-corrected chi connectivity index (χ0v) is 11.7. The molecule has 2 aromatic rings. The summed E-state index contributed by atoms with van der Waals surface area (Å²) >= 11 is 0. The largest absolute Gasteiger partial charge is 0.355 e. The van der Waals surface area contributed by atoms with E-state index in [2.05, 4.69) is 10.6 Å². The third-order valence-corrected chi connectivity index (χ3v) is 3.06. The lowest BCUT2D eigenvalue weighted by atomic mass is 10.1. The van der Waals surface area contributed by atoms with Gasteiger partial charge in [-0.05, 0) is 23.8 Å². The van der Waals surface area contributed by atoms with E-state index in [0.29, 0.717) is 11.3 Å². The van der Waals surface area contributed by atoms with Crippen molar-refractivity contribution >= 4 is 17.5 Å². The molecule has 21 heavy (non-hydrogen) atoms. The number of anilines is 1. The van der Waals surface area contributed by atoms with Crippen LogP contribution in [0.25, 0.3) is 0 Å². The number of carbonyl (C=O) groups excluding carboxylic acids is 2. The molecule has 0 aliphatic carbocycles. The molecule has 0 heterocycles. The number of nitrogens with two attached hydrogens (primary N) is 1. The van der Waals surface area contributed by atoms with Crippen LogP contribution in [0.2, 0.25) is 0 Å². The van der Waals surface area contributed by atoms with Gasteiger partial charge in [-0.15, -0.1) is 0 Å². The van der Waals surface area contributed by atoms with Crippen LogP contribution >= 0.6 is 0 Å². The van der Waals surface area contributed by atoms with Crippen LogP contribution in [0, 0.1) is 0 Å². The van der Waals surface area contributed by atoms with Crippen molar-refractivity contribution in [3.8, 4) is 0 Å². The second-order valence-electron chi connectivity index (χ2n) is 4.54. The number of benzene rings is 2. The first-order chi connectivity index (χ1) is 10.1. The van der Waals surface area contributed by atoms with Crippen molar-refractivity contribution in [1.82, 2.24) is 5.32 Å². The van der Waals surface area contributed by atoms with Gasteiger partial charge in [0.15, 0.2) is 0 Å². The molecular formula is C16H17N3O2. The molecule has 2 rings (SSSR count). The fourth-order valence-electron chi connectivity index (χ4n) is 1.91.